The van der Waals surface area contributed by atoms with E-state index in [1.807, 2.05) is 40.1 Å². The van der Waals surface area contributed by atoms with Crippen LogP contribution in [0.1, 0.15) is 47.0 Å². The molecule has 0 saturated carbocycles. The first-order chi connectivity index (χ1) is 12.8. The molecule has 0 bridgehead atoms. The van der Waals surface area contributed by atoms with Crippen LogP contribution < -0.4 is 5.46 Å². The summed E-state index contributed by atoms with van der Waals surface area (Å²) in [4.78, 5) is 11.4. The lowest BCUT2D eigenvalue weighted by atomic mass is 9.81. The topological polar surface area (TPSA) is 67.7 Å². The number of likely N-dealkylation sites (tertiary alicyclic amines) is 1. The minimum atomic E-state index is -0.409. The van der Waals surface area contributed by atoms with Gasteiger partial charge >= 0.3 is 7.12 Å². The van der Waals surface area contributed by atoms with Gasteiger partial charge in [0.05, 0.1) is 17.8 Å². The number of thioether (sulfide) groups is 1. The number of piperidine rings is 1. The van der Waals surface area contributed by atoms with Gasteiger partial charge in [-0.25, -0.2) is 9.97 Å². The van der Waals surface area contributed by atoms with E-state index in [-0.39, 0.29) is 17.8 Å². The van der Waals surface area contributed by atoms with Crippen molar-refractivity contribution >= 4 is 24.3 Å². The van der Waals surface area contributed by atoms with E-state index in [0.29, 0.717) is 5.92 Å². The lowest BCUT2D eigenvalue weighted by molar-refractivity contribution is 0.00578. The maximum absolute atomic E-state index is 9.11. The van der Waals surface area contributed by atoms with Crippen molar-refractivity contribution in [1.82, 2.24) is 14.9 Å². The maximum Gasteiger partial charge on any atom is 0.498 e. The third kappa shape index (κ3) is 5.23. The van der Waals surface area contributed by atoms with Gasteiger partial charge in [0.1, 0.15) is 0 Å². The Bertz CT molecular complexity index is 597. The summed E-state index contributed by atoms with van der Waals surface area (Å²) >= 11 is 1.71. The molecule has 1 unspecified atom stereocenters. The van der Waals surface area contributed by atoms with E-state index < -0.39 is 7.12 Å². The Labute approximate surface area is 167 Å². The highest BCUT2D eigenvalue weighted by Crippen LogP contribution is 2.36. The van der Waals surface area contributed by atoms with E-state index in [1.54, 1.807) is 11.8 Å². The molecular formula is C19H32BN3O3S. The van der Waals surface area contributed by atoms with Crippen LogP contribution in [0.5, 0.6) is 0 Å². The molecule has 0 amide bonds. The van der Waals surface area contributed by atoms with Gasteiger partial charge in [-0.15, -0.1) is 0 Å². The molecule has 2 saturated heterocycles. The maximum atomic E-state index is 9.11. The van der Waals surface area contributed by atoms with Crippen molar-refractivity contribution in [3.8, 4) is 0 Å². The van der Waals surface area contributed by atoms with Crippen LogP contribution in [0.3, 0.4) is 0 Å². The number of β-amino-alcohol motifs (C(OH)–C–C–N with tert-alkyl or cyclic N) is 1. The minimum absolute atomic E-state index is 0.254. The molecule has 150 valence electrons. The lowest BCUT2D eigenvalue weighted by Crippen LogP contribution is -2.41. The summed E-state index contributed by atoms with van der Waals surface area (Å²) in [5.41, 5.74) is 0.161. The first-order valence-electron chi connectivity index (χ1n) is 9.94. The summed E-state index contributed by atoms with van der Waals surface area (Å²) in [6.07, 6.45) is 7.32. The molecule has 2 fully saturated rings. The minimum Gasteiger partial charge on any atom is -0.399 e. The molecule has 0 radical (unpaired) electrons. The molecule has 2 aliphatic rings. The van der Waals surface area contributed by atoms with Crippen LogP contribution >= 0.6 is 11.8 Å². The van der Waals surface area contributed by atoms with Crippen molar-refractivity contribution in [2.24, 2.45) is 5.92 Å². The molecule has 1 atom stereocenters. The van der Waals surface area contributed by atoms with Crippen LogP contribution in [0.15, 0.2) is 17.6 Å². The number of hydrogen-bond acceptors (Lipinski definition) is 7. The van der Waals surface area contributed by atoms with Crippen LogP contribution in [-0.2, 0) is 9.31 Å². The first-order valence-corrected chi connectivity index (χ1v) is 10.9. The Morgan fingerprint density at radius 2 is 1.89 bits per heavy atom. The molecule has 0 aromatic carbocycles. The summed E-state index contributed by atoms with van der Waals surface area (Å²) in [6.45, 7) is 11.5. The van der Waals surface area contributed by atoms with Gasteiger partial charge in [-0.05, 0) is 59.4 Å². The number of hydrogen-bond donors (Lipinski definition) is 1. The summed E-state index contributed by atoms with van der Waals surface area (Å²) in [5, 5.41) is 9.91. The number of aromatic nitrogens is 2. The fraction of sp³-hybridized carbons (Fsp3) is 0.789. The van der Waals surface area contributed by atoms with Crippen molar-refractivity contribution in [3.05, 3.63) is 12.4 Å². The van der Waals surface area contributed by atoms with Crippen LogP contribution in [0.2, 0.25) is 0 Å². The summed E-state index contributed by atoms with van der Waals surface area (Å²) < 4.78 is 12.1. The van der Waals surface area contributed by atoms with Gasteiger partial charge < -0.3 is 19.3 Å². The van der Waals surface area contributed by atoms with Gasteiger partial charge in [0.15, 0.2) is 5.16 Å². The summed E-state index contributed by atoms with van der Waals surface area (Å²) in [6, 6.07) is 0. The number of nitrogens with zero attached hydrogens (tertiary/aromatic N) is 3. The number of aliphatic hydroxyl groups excluding tert-OH is 1. The zero-order chi connectivity index (χ0) is 19.5. The largest absolute Gasteiger partial charge is 0.498 e. The fourth-order valence-corrected chi connectivity index (χ4v) is 4.44. The second-order valence-electron chi connectivity index (χ2n) is 8.56. The Kier molecular flexibility index (Phi) is 6.85. The second-order valence-corrected chi connectivity index (χ2v) is 9.62. The highest BCUT2D eigenvalue weighted by Gasteiger charge is 2.51. The van der Waals surface area contributed by atoms with Gasteiger partial charge in [0, 0.05) is 36.7 Å². The van der Waals surface area contributed by atoms with Crippen molar-refractivity contribution in [3.63, 3.8) is 0 Å². The van der Waals surface area contributed by atoms with E-state index in [1.165, 1.54) is 12.8 Å². The summed E-state index contributed by atoms with van der Waals surface area (Å²) in [7, 11) is -0.409. The van der Waals surface area contributed by atoms with Gasteiger partial charge in [-0.3, -0.25) is 0 Å². The van der Waals surface area contributed by atoms with Crippen LogP contribution in [-0.4, -0.2) is 70.3 Å². The van der Waals surface area contributed by atoms with Crippen molar-refractivity contribution in [2.45, 2.75) is 63.3 Å². The lowest BCUT2D eigenvalue weighted by Gasteiger charge is -2.32. The molecule has 0 aliphatic carbocycles. The SMILES string of the molecule is CC1(C)OB(c2cnc(SCCC3CCCN(CCO)C3)nc2)OC1(C)C. The normalized spacial score (nSPS) is 25.1. The van der Waals surface area contributed by atoms with E-state index >= 15 is 0 Å². The molecular weight excluding hydrogens is 361 g/mol. The van der Waals surface area contributed by atoms with Gasteiger partial charge in [-0.2, -0.15) is 0 Å². The average Bonchev–Trinajstić information content (AvgIpc) is 2.84. The monoisotopic (exact) mass is 393 g/mol. The molecule has 6 nitrogen and oxygen atoms in total. The number of rotatable bonds is 7. The highest BCUT2D eigenvalue weighted by atomic mass is 32.2. The van der Waals surface area contributed by atoms with Crippen molar-refractivity contribution in [1.29, 1.82) is 0 Å². The molecule has 3 heterocycles. The molecule has 27 heavy (non-hydrogen) atoms. The van der Waals surface area contributed by atoms with Crippen LogP contribution in [0.4, 0.5) is 0 Å². The third-order valence-electron chi connectivity index (χ3n) is 5.95. The molecule has 0 spiro atoms. The third-order valence-corrected chi connectivity index (χ3v) is 6.86. The van der Waals surface area contributed by atoms with Crippen LogP contribution in [0.25, 0.3) is 0 Å². The Balaban J connectivity index is 1.46. The van der Waals surface area contributed by atoms with Crippen molar-refractivity contribution < 1.29 is 14.4 Å². The Morgan fingerprint density at radius 3 is 2.52 bits per heavy atom. The zero-order valence-corrected chi connectivity index (χ0v) is 17.8. The smallest absolute Gasteiger partial charge is 0.399 e. The fourth-order valence-electron chi connectivity index (χ4n) is 3.55. The summed E-state index contributed by atoms with van der Waals surface area (Å²) in [5.74, 6) is 1.73. The van der Waals surface area contributed by atoms with Crippen molar-refractivity contribution in [2.75, 3.05) is 32.0 Å². The molecule has 1 N–H and O–H groups in total. The molecule has 8 heteroatoms. The molecule has 2 aliphatic heterocycles. The van der Waals surface area contributed by atoms with E-state index in [4.69, 9.17) is 14.4 Å². The van der Waals surface area contributed by atoms with Crippen LogP contribution in [0, 0.1) is 5.92 Å². The Morgan fingerprint density at radius 1 is 1.22 bits per heavy atom. The quantitative estimate of drug-likeness (QED) is 0.432. The van der Waals surface area contributed by atoms with E-state index in [0.717, 1.165) is 42.4 Å². The first kappa shape index (κ1) is 21.1. The van der Waals surface area contributed by atoms with Gasteiger partial charge in [-0.1, -0.05) is 11.8 Å². The molecule has 1 aromatic rings. The standard InChI is InChI=1S/C19H32BN3O3S/c1-18(2)19(3,4)26-20(25-18)16-12-21-17(22-13-16)27-11-7-15-6-5-8-23(14-15)9-10-24/h12-13,15,24H,5-11,14H2,1-4H3. The predicted molar refractivity (Wildman–Crippen MR) is 109 cm³/mol. The average molecular weight is 393 g/mol. The Hall–Kier alpha value is -0.665. The van der Waals surface area contributed by atoms with E-state index in [9.17, 15) is 0 Å². The van der Waals surface area contributed by atoms with Gasteiger partial charge in [0.2, 0.25) is 0 Å². The molecule has 3 rings (SSSR count). The second kappa shape index (κ2) is 8.78. The van der Waals surface area contributed by atoms with E-state index in [2.05, 4.69) is 14.9 Å². The molecule has 1 aromatic heterocycles. The van der Waals surface area contributed by atoms with Gasteiger partial charge in [0.25, 0.3) is 0 Å². The highest BCUT2D eigenvalue weighted by molar-refractivity contribution is 7.99. The predicted octanol–water partition coefficient (Wildman–Crippen LogP) is 1.96. The number of aliphatic hydroxyl groups is 1. The zero-order valence-electron chi connectivity index (χ0n) is 17.0.